The zero-order valence-corrected chi connectivity index (χ0v) is 12.8. The number of nitrogens with one attached hydrogen (secondary N) is 1. The molecule has 0 amide bonds. The van der Waals surface area contributed by atoms with E-state index in [9.17, 15) is 8.42 Å². The minimum Gasteiger partial charge on any atom is -0.378 e. The fourth-order valence-electron chi connectivity index (χ4n) is 2.22. The van der Waals surface area contributed by atoms with Crippen LogP contribution in [0.2, 0.25) is 0 Å². The molecule has 0 heterocycles. The first-order valence-electron chi connectivity index (χ1n) is 6.98. The lowest BCUT2D eigenvalue weighted by Crippen LogP contribution is -2.47. The summed E-state index contributed by atoms with van der Waals surface area (Å²) in [6.45, 7) is 2.84. The molecule has 1 aromatic rings. The van der Waals surface area contributed by atoms with Gasteiger partial charge in [-0.2, -0.15) is 0 Å². The van der Waals surface area contributed by atoms with Crippen LogP contribution < -0.4 is 10.5 Å². The van der Waals surface area contributed by atoms with Gasteiger partial charge in [-0.3, -0.25) is 0 Å². The first-order chi connectivity index (χ1) is 10.0. The first kappa shape index (κ1) is 16.0. The minimum absolute atomic E-state index is 0.0506. The summed E-state index contributed by atoms with van der Waals surface area (Å²) in [6.07, 6.45) is 1.61. The van der Waals surface area contributed by atoms with Gasteiger partial charge in [0.1, 0.15) is 0 Å². The lowest BCUT2D eigenvalue weighted by molar-refractivity contribution is -0.00475. The van der Waals surface area contributed by atoms with Gasteiger partial charge in [-0.15, -0.1) is 0 Å². The molecule has 0 aromatic heterocycles. The van der Waals surface area contributed by atoms with Crippen LogP contribution in [-0.2, 0) is 14.8 Å². The van der Waals surface area contributed by atoms with E-state index in [4.69, 9.17) is 10.5 Å². The second-order valence-electron chi connectivity index (χ2n) is 4.90. The van der Waals surface area contributed by atoms with Crippen molar-refractivity contribution >= 4 is 10.0 Å². The molecule has 0 bridgehead atoms. The molecule has 21 heavy (non-hydrogen) atoms. The predicted molar refractivity (Wildman–Crippen MR) is 81.1 cm³/mol. The van der Waals surface area contributed by atoms with Gasteiger partial charge in [0.05, 0.1) is 17.5 Å². The van der Waals surface area contributed by atoms with Crippen LogP contribution in [0.5, 0.6) is 0 Å². The zero-order valence-electron chi connectivity index (χ0n) is 12.0. The third-order valence-corrected chi connectivity index (χ3v) is 4.82. The van der Waals surface area contributed by atoms with E-state index in [0.717, 1.165) is 12.8 Å². The smallest absolute Gasteiger partial charge is 0.240 e. The number of ether oxygens (including phenoxy) is 1. The summed E-state index contributed by atoms with van der Waals surface area (Å²) in [5.74, 6) is 5.55. The van der Waals surface area contributed by atoms with Crippen molar-refractivity contribution in [3.8, 4) is 11.8 Å². The van der Waals surface area contributed by atoms with E-state index in [1.54, 1.807) is 24.3 Å². The van der Waals surface area contributed by atoms with E-state index in [1.807, 2.05) is 6.92 Å². The first-order valence-corrected chi connectivity index (χ1v) is 8.46. The maximum absolute atomic E-state index is 12.3. The molecule has 1 aromatic carbocycles. The summed E-state index contributed by atoms with van der Waals surface area (Å²) in [5.41, 5.74) is 5.96. The summed E-state index contributed by atoms with van der Waals surface area (Å²) in [4.78, 5) is 0.228. The van der Waals surface area contributed by atoms with Crippen molar-refractivity contribution in [1.29, 1.82) is 0 Å². The van der Waals surface area contributed by atoms with Crippen molar-refractivity contribution < 1.29 is 13.2 Å². The van der Waals surface area contributed by atoms with Gasteiger partial charge in [-0.1, -0.05) is 17.9 Å². The Labute approximate surface area is 125 Å². The number of rotatable bonds is 5. The van der Waals surface area contributed by atoms with Crippen molar-refractivity contribution in [3.63, 3.8) is 0 Å². The Bertz CT molecular complexity index is 640. The number of nitrogens with two attached hydrogens (primary N) is 1. The molecule has 1 aliphatic carbocycles. The number of hydrogen-bond donors (Lipinski definition) is 2. The molecule has 1 aliphatic rings. The van der Waals surface area contributed by atoms with E-state index in [0.29, 0.717) is 12.2 Å². The van der Waals surface area contributed by atoms with Crippen molar-refractivity contribution in [1.82, 2.24) is 4.72 Å². The maximum Gasteiger partial charge on any atom is 0.240 e. The van der Waals surface area contributed by atoms with E-state index in [2.05, 4.69) is 16.6 Å². The minimum atomic E-state index is -3.51. The van der Waals surface area contributed by atoms with Crippen molar-refractivity contribution in [3.05, 3.63) is 29.8 Å². The summed E-state index contributed by atoms with van der Waals surface area (Å²) in [5, 5.41) is 0. The van der Waals surface area contributed by atoms with Crippen LogP contribution in [0.15, 0.2) is 29.2 Å². The van der Waals surface area contributed by atoms with Crippen LogP contribution in [-0.4, -0.2) is 33.7 Å². The molecular formula is C15H20N2O3S. The second-order valence-corrected chi connectivity index (χ2v) is 6.61. The average Bonchev–Trinajstić information content (AvgIpc) is 2.43. The maximum atomic E-state index is 12.3. The predicted octanol–water partition coefficient (Wildman–Crippen LogP) is 0.843. The summed E-state index contributed by atoms with van der Waals surface area (Å²) in [6, 6.07) is 6.51. The highest BCUT2D eigenvalue weighted by Crippen LogP contribution is 2.25. The van der Waals surface area contributed by atoms with E-state index in [1.165, 1.54) is 0 Å². The normalized spacial score (nSPS) is 21.2. The van der Waals surface area contributed by atoms with Gasteiger partial charge in [0, 0.05) is 18.2 Å². The Morgan fingerprint density at radius 1 is 1.43 bits per heavy atom. The summed E-state index contributed by atoms with van der Waals surface area (Å²) < 4.78 is 32.7. The molecule has 0 atom stereocenters. The number of sulfonamides is 1. The van der Waals surface area contributed by atoms with Gasteiger partial charge < -0.3 is 10.5 Å². The van der Waals surface area contributed by atoms with Gasteiger partial charge in [0.15, 0.2) is 0 Å². The molecule has 5 nitrogen and oxygen atoms in total. The average molecular weight is 308 g/mol. The highest BCUT2D eigenvalue weighted by atomic mass is 32.2. The standard InChI is InChI=1S/C15H20N2O3S/c1-2-20-14-10-13(11-14)17-21(18,19)15-7-3-5-12(9-15)6-4-8-16/h3,5,7,9,13-14,17H,2,8,10-11,16H2,1H3. The van der Waals surface area contributed by atoms with Gasteiger partial charge in [-0.25, -0.2) is 13.1 Å². The summed E-state index contributed by atoms with van der Waals surface area (Å²) in [7, 11) is -3.51. The van der Waals surface area contributed by atoms with Crippen LogP contribution in [0.1, 0.15) is 25.3 Å². The molecule has 3 N–H and O–H groups in total. The molecule has 2 rings (SSSR count). The van der Waals surface area contributed by atoms with Crippen molar-refractivity contribution in [2.45, 2.75) is 36.8 Å². The lowest BCUT2D eigenvalue weighted by atomic mass is 9.90. The molecule has 0 saturated heterocycles. The SMILES string of the molecule is CCOC1CC(NS(=O)(=O)c2cccc(C#CCN)c2)C1. The quantitative estimate of drug-likeness (QED) is 0.790. The number of benzene rings is 1. The molecule has 1 saturated carbocycles. The topological polar surface area (TPSA) is 81.4 Å². The van der Waals surface area contributed by atoms with Crippen LogP contribution in [0.4, 0.5) is 0 Å². The molecule has 6 heteroatoms. The van der Waals surface area contributed by atoms with Crippen molar-refractivity contribution in [2.24, 2.45) is 5.73 Å². The molecular weight excluding hydrogens is 288 g/mol. The largest absolute Gasteiger partial charge is 0.378 e. The molecule has 114 valence electrons. The molecule has 0 spiro atoms. The number of hydrogen-bond acceptors (Lipinski definition) is 4. The second kappa shape index (κ2) is 7.05. The van der Waals surface area contributed by atoms with E-state index in [-0.39, 0.29) is 23.6 Å². The van der Waals surface area contributed by atoms with Gasteiger partial charge in [-0.05, 0) is 38.0 Å². The van der Waals surface area contributed by atoms with E-state index >= 15 is 0 Å². The Morgan fingerprint density at radius 2 is 2.19 bits per heavy atom. The third-order valence-electron chi connectivity index (χ3n) is 3.30. The van der Waals surface area contributed by atoms with Crippen LogP contribution >= 0.6 is 0 Å². The van der Waals surface area contributed by atoms with E-state index < -0.39 is 10.0 Å². The van der Waals surface area contributed by atoms with Crippen LogP contribution in [0.3, 0.4) is 0 Å². The zero-order chi connectivity index (χ0) is 15.3. The monoisotopic (exact) mass is 308 g/mol. The Hall–Kier alpha value is -1.39. The Morgan fingerprint density at radius 3 is 2.86 bits per heavy atom. The molecule has 0 unspecified atom stereocenters. The molecule has 0 radical (unpaired) electrons. The highest BCUT2D eigenvalue weighted by molar-refractivity contribution is 7.89. The van der Waals surface area contributed by atoms with Gasteiger partial charge >= 0.3 is 0 Å². The Balaban J connectivity index is 2.03. The van der Waals surface area contributed by atoms with Gasteiger partial charge in [0.25, 0.3) is 0 Å². The van der Waals surface area contributed by atoms with Crippen molar-refractivity contribution in [2.75, 3.05) is 13.2 Å². The van der Waals surface area contributed by atoms with Crippen LogP contribution in [0.25, 0.3) is 0 Å². The third kappa shape index (κ3) is 4.29. The Kier molecular flexibility index (Phi) is 5.37. The molecule has 1 fully saturated rings. The fourth-order valence-corrected chi connectivity index (χ4v) is 3.52. The fraction of sp³-hybridized carbons (Fsp3) is 0.467. The summed E-state index contributed by atoms with van der Waals surface area (Å²) >= 11 is 0. The highest BCUT2D eigenvalue weighted by Gasteiger charge is 2.33. The van der Waals surface area contributed by atoms with Crippen LogP contribution in [0, 0.1) is 11.8 Å². The lowest BCUT2D eigenvalue weighted by Gasteiger charge is -2.35. The molecule has 0 aliphatic heterocycles. The van der Waals surface area contributed by atoms with Gasteiger partial charge in [0.2, 0.25) is 10.0 Å².